The van der Waals surface area contributed by atoms with E-state index in [9.17, 15) is 4.79 Å². The zero-order valence-electron chi connectivity index (χ0n) is 17.1. The number of halogens is 1. The van der Waals surface area contributed by atoms with Crippen LogP contribution in [0.4, 0.5) is 4.79 Å². The van der Waals surface area contributed by atoms with Gasteiger partial charge in [-0.2, -0.15) is 0 Å². The van der Waals surface area contributed by atoms with E-state index >= 15 is 0 Å². The minimum Gasteiger partial charge on any atom is -0.449 e. The van der Waals surface area contributed by atoms with Crippen molar-refractivity contribution >= 4 is 17.7 Å². The van der Waals surface area contributed by atoms with Gasteiger partial charge < -0.3 is 15.0 Å². The molecule has 1 N–H and O–H groups in total. The zero-order chi connectivity index (χ0) is 19.7. The van der Waals surface area contributed by atoms with Gasteiger partial charge in [0.25, 0.3) is 0 Å². The Hall–Kier alpha value is -1.26. The van der Waals surface area contributed by atoms with Crippen molar-refractivity contribution in [3.8, 4) is 0 Å². The summed E-state index contributed by atoms with van der Waals surface area (Å²) in [5.74, 6) is 0. The number of rotatable bonds is 5. The van der Waals surface area contributed by atoms with Gasteiger partial charge in [-0.25, -0.2) is 4.79 Å². The molecule has 5 heteroatoms. The summed E-state index contributed by atoms with van der Waals surface area (Å²) in [4.78, 5) is 14.8. The maximum absolute atomic E-state index is 12.2. The summed E-state index contributed by atoms with van der Waals surface area (Å²) < 4.78 is 5.70. The molecule has 0 aromatic heterocycles. The van der Waals surface area contributed by atoms with Crippen LogP contribution in [0.5, 0.6) is 0 Å². The van der Waals surface area contributed by atoms with E-state index in [0.29, 0.717) is 12.6 Å². The first kappa shape index (κ1) is 20.5. The van der Waals surface area contributed by atoms with Crippen molar-refractivity contribution < 1.29 is 9.53 Å². The predicted molar refractivity (Wildman–Crippen MR) is 110 cm³/mol. The standard InChI is InChI=1S/C22H33ClN2O2/c1-21(2,3)24-20(26)27-15-22(16-6-5-7-17(23)14-16)12-10-19(11-13-22)25(4)18-8-9-18/h5-7,14,18-19H,8-13,15H2,1-4H3,(H,24,26). The molecule has 2 aliphatic carbocycles. The Morgan fingerprint density at radius 2 is 1.85 bits per heavy atom. The highest BCUT2D eigenvalue weighted by molar-refractivity contribution is 6.30. The molecule has 1 amide bonds. The Morgan fingerprint density at radius 1 is 1.22 bits per heavy atom. The van der Waals surface area contributed by atoms with Crippen LogP contribution in [0.2, 0.25) is 5.02 Å². The molecule has 150 valence electrons. The molecule has 0 spiro atoms. The number of amides is 1. The van der Waals surface area contributed by atoms with E-state index in [4.69, 9.17) is 16.3 Å². The summed E-state index contributed by atoms with van der Waals surface area (Å²) in [5.41, 5.74) is 0.734. The van der Waals surface area contributed by atoms with Gasteiger partial charge in [0.05, 0.1) is 0 Å². The van der Waals surface area contributed by atoms with E-state index in [1.54, 1.807) is 0 Å². The van der Waals surface area contributed by atoms with E-state index in [0.717, 1.165) is 36.7 Å². The topological polar surface area (TPSA) is 41.6 Å². The zero-order valence-corrected chi connectivity index (χ0v) is 17.8. The van der Waals surface area contributed by atoms with Crippen LogP contribution < -0.4 is 5.32 Å². The van der Waals surface area contributed by atoms with Crippen molar-refractivity contribution in [3.05, 3.63) is 34.9 Å². The first-order valence-electron chi connectivity index (χ1n) is 10.1. The smallest absolute Gasteiger partial charge is 0.407 e. The number of hydrogen-bond donors (Lipinski definition) is 1. The van der Waals surface area contributed by atoms with Gasteiger partial charge in [0, 0.05) is 28.1 Å². The lowest BCUT2D eigenvalue weighted by Crippen LogP contribution is -2.46. The van der Waals surface area contributed by atoms with Gasteiger partial charge in [0.1, 0.15) is 6.61 Å². The van der Waals surface area contributed by atoms with Crippen molar-refractivity contribution in [2.45, 2.75) is 82.3 Å². The van der Waals surface area contributed by atoms with Crippen LogP contribution in [0.15, 0.2) is 24.3 Å². The second-order valence-corrected chi connectivity index (χ2v) is 9.81. The van der Waals surface area contributed by atoms with Gasteiger partial charge in [-0.3, -0.25) is 0 Å². The second kappa shape index (κ2) is 8.00. The first-order chi connectivity index (χ1) is 12.7. The quantitative estimate of drug-likeness (QED) is 0.754. The van der Waals surface area contributed by atoms with Crippen LogP contribution in [0.1, 0.15) is 64.9 Å². The number of alkyl carbamates (subject to hydrolysis) is 1. The highest BCUT2D eigenvalue weighted by Crippen LogP contribution is 2.43. The number of ether oxygens (including phenoxy) is 1. The molecule has 0 bridgehead atoms. The molecule has 1 aromatic carbocycles. The Bertz CT molecular complexity index is 659. The molecule has 3 rings (SSSR count). The van der Waals surface area contributed by atoms with Crippen molar-refractivity contribution in [2.24, 2.45) is 0 Å². The van der Waals surface area contributed by atoms with E-state index < -0.39 is 0 Å². The molecule has 0 radical (unpaired) electrons. The average molecular weight is 393 g/mol. The lowest BCUT2D eigenvalue weighted by Gasteiger charge is -2.43. The monoisotopic (exact) mass is 392 g/mol. The molecule has 2 saturated carbocycles. The Kier molecular flexibility index (Phi) is 6.07. The molecule has 27 heavy (non-hydrogen) atoms. The van der Waals surface area contributed by atoms with Gasteiger partial charge >= 0.3 is 6.09 Å². The largest absolute Gasteiger partial charge is 0.449 e. The number of carbonyl (C=O) groups excluding carboxylic acids is 1. The van der Waals surface area contributed by atoms with E-state index in [-0.39, 0.29) is 17.0 Å². The Morgan fingerprint density at radius 3 is 2.41 bits per heavy atom. The molecule has 0 unspecified atom stereocenters. The molecule has 0 aliphatic heterocycles. The average Bonchev–Trinajstić information content (AvgIpc) is 3.43. The molecule has 0 saturated heterocycles. The number of nitrogens with one attached hydrogen (secondary N) is 1. The van der Waals surface area contributed by atoms with Crippen LogP contribution >= 0.6 is 11.6 Å². The third-order valence-electron chi connectivity index (χ3n) is 6.00. The number of hydrogen-bond acceptors (Lipinski definition) is 3. The van der Waals surface area contributed by atoms with Gasteiger partial charge in [-0.15, -0.1) is 0 Å². The Labute approximate surface area is 168 Å². The second-order valence-electron chi connectivity index (χ2n) is 9.37. The summed E-state index contributed by atoms with van der Waals surface area (Å²) in [6.45, 7) is 6.27. The summed E-state index contributed by atoms with van der Waals surface area (Å²) in [5, 5.41) is 3.63. The fourth-order valence-corrected chi connectivity index (χ4v) is 4.41. The van der Waals surface area contributed by atoms with Crippen LogP contribution in [0.3, 0.4) is 0 Å². The highest BCUT2D eigenvalue weighted by atomic mass is 35.5. The maximum Gasteiger partial charge on any atom is 0.407 e. The first-order valence-corrected chi connectivity index (χ1v) is 10.5. The fraction of sp³-hybridized carbons (Fsp3) is 0.682. The molecule has 0 atom stereocenters. The third kappa shape index (κ3) is 5.39. The molecule has 2 fully saturated rings. The van der Waals surface area contributed by atoms with Gasteiger partial charge in [-0.1, -0.05) is 23.7 Å². The van der Waals surface area contributed by atoms with Gasteiger partial charge in [0.15, 0.2) is 0 Å². The Balaban J connectivity index is 1.71. The van der Waals surface area contributed by atoms with Crippen LogP contribution in [0.25, 0.3) is 0 Å². The fourth-order valence-electron chi connectivity index (χ4n) is 4.22. The van der Waals surface area contributed by atoms with Crippen molar-refractivity contribution in [2.75, 3.05) is 13.7 Å². The molecule has 4 nitrogen and oxygen atoms in total. The molecule has 0 heterocycles. The van der Waals surface area contributed by atoms with Crippen molar-refractivity contribution in [1.29, 1.82) is 0 Å². The minimum atomic E-state index is -0.346. The number of benzene rings is 1. The van der Waals surface area contributed by atoms with Crippen LogP contribution in [-0.2, 0) is 10.2 Å². The normalized spacial score (nSPS) is 26.1. The summed E-state index contributed by atoms with van der Waals surface area (Å²) in [7, 11) is 2.27. The molecular formula is C22H33ClN2O2. The van der Waals surface area contributed by atoms with Gasteiger partial charge in [0.2, 0.25) is 0 Å². The lowest BCUT2D eigenvalue weighted by molar-refractivity contribution is 0.0717. The lowest BCUT2D eigenvalue weighted by atomic mass is 9.68. The van der Waals surface area contributed by atoms with E-state index in [2.05, 4.69) is 23.3 Å². The summed E-state index contributed by atoms with van der Waals surface area (Å²) in [6, 6.07) is 9.48. The third-order valence-corrected chi connectivity index (χ3v) is 6.24. The minimum absolute atomic E-state index is 0.152. The number of carbonyl (C=O) groups is 1. The van der Waals surface area contributed by atoms with E-state index in [1.165, 1.54) is 18.4 Å². The summed E-state index contributed by atoms with van der Waals surface area (Å²) in [6.07, 6.45) is 6.61. The molecular weight excluding hydrogens is 360 g/mol. The van der Waals surface area contributed by atoms with E-state index in [1.807, 2.05) is 39.0 Å². The van der Waals surface area contributed by atoms with Crippen LogP contribution in [0, 0.1) is 0 Å². The van der Waals surface area contributed by atoms with Crippen LogP contribution in [-0.4, -0.2) is 42.3 Å². The maximum atomic E-state index is 12.2. The highest BCUT2D eigenvalue weighted by Gasteiger charge is 2.41. The SMILES string of the molecule is CN(C1CC1)C1CCC(COC(=O)NC(C)(C)C)(c2cccc(Cl)c2)CC1. The molecule has 1 aromatic rings. The number of nitrogens with zero attached hydrogens (tertiary/aromatic N) is 1. The molecule has 2 aliphatic rings. The summed E-state index contributed by atoms with van der Waals surface area (Å²) >= 11 is 6.28. The predicted octanol–water partition coefficient (Wildman–Crippen LogP) is 5.14. The van der Waals surface area contributed by atoms with Gasteiger partial charge in [-0.05, 0) is 84.0 Å². The van der Waals surface area contributed by atoms with Crippen molar-refractivity contribution in [1.82, 2.24) is 10.2 Å². The van der Waals surface area contributed by atoms with Crippen molar-refractivity contribution in [3.63, 3.8) is 0 Å².